The van der Waals surface area contributed by atoms with Crippen molar-refractivity contribution in [3.8, 4) is 0 Å². The zero-order valence-corrected chi connectivity index (χ0v) is 12.0. The van der Waals surface area contributed by atoms with Crippen molar-refractivity contribution in [2.75, 3.05) is 6.54 Å². The van der Waals surface area contributed by atoms with Crippen LogP contribution >= 0.6 is 11.6 Å². The van der Waals surface area contributed by atoms with Gasteiger partial charge in [0.05, 0.1) is 0 Å². The summed E-state index contributed by atoms with van der Waals surface area (Å²) in [5.74, 6) is 0.759. The smallest absolute Gasteiger partial charge is 0.220 e. The van der Waals surface area contributed by atoms with E-state index in [-0.39, 0.29) is 5.91 Å². The summed E-state index contributed by atoms with van der Waals surface area (Å²) >= 11 is 6.06. The molecule has 3 heteroatoms. The molecule has 0 radical (unpaired) electrons. The van der Waals surface area contributed by atoms with E-state index >= 15 is 0 Å². The molecule has 2 unspecified atom stereocenters. The maximum Gasteiger partial charge on any atom is 0.220 e. The van der Waals surface area contributed by atoms with Gasteiger partial charge in [-0.1, -0.05) is 30.3 Å². The van der Waals surface area contributed by atoms with Crippen LogP contribution in [-0.4, -0.2) is 17.8 Å². The van der Waals surface area contributed by atoms with E-state index in [1.807, 2.05) is 18.2 Å². The van der Waals surface area contributed by atoms with Crippen LogP contribution in [0.5, 0.6) is 0 Å². The van der Waals surface area contributed by atoms with Crippen molar-refractivity contribution in [3.63, 3.8) is 0 Å². The number of amides is 1. The highest BCUT2D eigenvalue weighted by atomic mass is 35.5. The van der Waals surface area contributed by atoms with Crippen molar-refractivity contribution < 1.29 is 4.79 Å². The minimum atomic E-state index is 0.175. The summed E-state index contributed by atoms with van der Waals surface area (Å²) in [6.07, 6.45) is 5.80. The lowest BCUT2D eigenvalue weighted by Crippen LogP contribution is -2.28. The van der Waals surface area contributed by atoms with Crippen molar-refractivity contribution in [1.82, 2.24) is 5.32 Å². The quantitative estimate of drug-likeness (QED) is 0.793. The van der Waals surface area contributed by atoms with Gasteiger partial charge in [0.25, 0.3) is 0 Å². The molecule has 0 bridgehead atoms. The molecule has 1 fully saturated rings. The van der Waals surface area contributed by atoms with Gasteiger partial charge in [-0.25, -0.2) is 0 Å². The number of benzene rings is 1. The predicted octanol–water partition coefficient (Wildman–Crippen LogP) is 3.53. The highest BCUT2D eigenvalue weighted by molar-refractivity contribution is 6.20. The molecule has 19 heavy (non-hydrogen) atoms. The van der Waals surface area contributed by atoms with Gasteiger partial charge in [0.1, 0.15) is 0 Å². The van der Waals surface area contributed by atoms with Crippen molar-refractivity contribution in [2.45, 2.75) is 43.9 Å². The Morgan fingerprint density at radius 2 is 2.05 bits per heavy atom. The maximum absolute atomic E-state index is 11.7. The fourth-order valence-corrected chi connectivity index (χ4v) is 3.02. The lowest BCUT2D eigenvalue weighted by Gasteiger charge is -2.10. The fourth-order valence-electron chi connectivity index (χ4n) is 2.64. The zero-order chi connectivity index (χ0) is 13.5. The second-order valence-corrected chi connectivity index (χ2v) is 6.04. The first kappa shape index (κ1) is 14.4. The zero-order valence-electron chi connectivity index (χ0n) is 11.3. The lowest BCUT2D eigenvalue weighted by atomic mass is 10.1. The first-order valence-electron chi connectivity index (χ1n) is 7.18. The van der Waals surface area contributed by atoms with E-state index < -0.39 is 0 Å². The Labute approximate surface area is 120 Å². The molecule has 0 aliphatic heterocycles. The lowest BCUT2D eigenvalue weighted by molar-refractivity contribution is -0.121. The Bertz CT molecular complexity index is 393. The molecule has 1 aromatic rings. The molecule has 1 saturated carbocycles. The van der Waals surface area contributed by atoms with Crippen molar-refractivity contribution in [2.24, 2.45) is 5.92 Å². The average molecular weight is 280 g/mol. The topological polar surface area (TPSA) is 29.1 Å². The number of hydrogen-bond donors (Lipinski definition) is 1. The van der Waals surface area contributed by atoms with Gasteiger partial charge in [-0.2, -0.15) is 0 Å². The molecule has 1 aromatic carbocycles. The largest absolute Gasteiger partial charge is 0.356 e. The first-order chi connectivity index (χ1) is 9.24. The van der Waals surface area contributed by atoms with Gasteiger partial charge >= 0.3 is 0 Å². The predicted molar refractivity (Wildman–Crippen MR) is 79.4 cm³/mol. The summed E-state index contributed by atoms with van der Waals surface area (Å²) in [6.45, 7) is 0.799. The molecule has 1 N–H and O–H groups in total. The molecule has 2 rings (SSSR count). The van der Waals surface area contributed by atoms with Gasteiger partial charge in [0, 0.05) is 18.3 Å². The van der Waals surface area contributed by atoms with Gasteiger partial charge in [-0.3, -0.25) is 4.79 Å². The Kier molecular flexibility index (Phi) is 5.71. The molecule has 1 amide bonds. The average Bonchev–Trinajstić information content (AvgIpc) is 2.83. The SMILES string of the molecule is O=C(CCCc1ccccc1)NCC1CCC(Cl)C1. The van der Waals surface area contributed by atoms with E-state index in [0.717, 1.165) is 38.6 Å². The van der Waals surface area contributed by atoms with Crippen LogP contribution in [-0.2, 0) is 11.2 Å². The monoisotopic (exact) mass is 279 g/mol. The van der Waals surface area contributed by atoms with Gasteiger partial charge in [-0.15, -0.1) is 11.6 Å². The molecule has 0 saturated heterocycles. The summed E-state index contributed by atoms with van der Waals surface area (Å²) in [5, 5.41) is 3.35. The molecule has 0 heterocycles. The molecule has 2 atom stereocenters. The second kappa shape index (κ2) is 7.54. The normalized spacial score (nSPS) is 22.4. The van der Waals surface area contributed by atoms with Crippen LogP contribution in [0.25, 0.3) is 0 Å². The molecular weight excluding hydrogens is 258 g/mol. The Morgan fingerprint density at radius 3 is 2.74 bits per heavy atom. The number of carbonyl (C=O) groups is 1. The maximum atomic E-state index is 11.7. The summed E-state index contributed by atoms with van der Waals surface area (Å²) in [6, 6.07) is 10.3. The molecule has 1 aliphatic rings. The van der Waals surface area contributed by atoms with Crippen LogP contribution in [0.2, 0.25) is 0 Å². The van der Waals surface area contributed by atoms with Crippen LogP contribution in [0.4, 0.5) is 0 Å². The van der Waals surface area contributed by atoms with E-state index in [4.69, 9.17) is 11.6 Å². The fraction of sp³-hybridized carbons (Fsp3) is 0.562. The first-order valence-corrected chi connectivity index (χ1v) is 7.62. The highest BCUT2D eigenvalue weighted by Crippen LogP contribution is 2.28. The molecule has 0 spiro atoms. The van der Waals surface area contributed by atoms with Gasteiger partial charge in [0.15, 0.2) is 0 Å². The van der Waals surface area contributed by atoms with Crippen LogP contribution < -0.4 is 5.32 Å². The van der Waals surface area contributed by atoms with Crippen molar-refractivity contribution >= 4 is 17.5 Å². The number of aryl methyl sites for hydroxylation is 1. The standard InChI is InChI=1S/C16H22ClNO/c17-15-10-9-14(11-15)12-18-16(19)8-4-7-13-5-2-1-3-6-13/h1-3,5-6,14-15H,4,7-12H2,(H,18,19). The summed E-state index contributed by atoms with van der Waals surface area (Å²) < 4.78 is 0. The third-order valence-electron chi connectivity index (χ3n) is 3.78. The van der Waals surface area contributed by atoms with Crippen LogP contribution in [0, 0.1) is 5.92 Å². The molecule has 1 aliphatic carbocycles. The summed E-state index contributed by atoms with van der Waals surface area (Å²) in [5.41, 5.74) is 1.30. The van der Waals surface area contributed by atoms with E-state index in [1.165, 1.54) is 5.56 Å². The third-order valence-corrected chi connectivity index (χ3v) is 4.17. The number of nitrogens with one attached hydrogen (secondary N) is 1. The minimum Gasteiger partial charge on any atom is -0.356 e. The second-order valence-electron chi connectivity index (χ2n) is 5.42. The Morgan fingerprint density at radius 1 is 1.26 bits per heavy atom. The van der Waals surface area contributed by atoms with Gasteiger partial charge < -0.3 is 5.32 Å². The Hall–Kier alpha value is -1.02. The number of halogens is 1. The summed E-state index contributed by atoms with van der Waals surface area (Å²) in [4.78, 5) is 11.7. The minimum absolute atomic E-state index is 0.175. The molecular formula is C16H22ClNO. The molecule has 104 valence electrons. The third kappa shape index (κ3) is 5.23. The van der Waals surface area contributed by atoms with E-state index in [9.17, 15) is 4.79 Å². The van der Waals surface area contributed by atoms with Gasteiger partial charge in [-0.05, 0) is 43.6 Å². The van der Waals surface area contributed by atoms with Crippen molar-refractivity contribution in [3.05, 3.63) is 35.9 Å². The number of alkyl halides is 1. The van der Waals surface area contributed by atoms with E-state index in [2.05, 4.69) is 17.4 Å². The van der Waals surface area contributed by atoms with Crippen LogP contribution in [0.1, 0.15) is 37.7 Å². The Balaban J connectivity index is 1.57. The number of carbonyl (C=O) groups excluding carboxylic acids is 1. The van der Waals surface area contributed by atoms with E-state index in [1.54, 1.807) is 0 Å². The van der Waals surface area contributed by atoms with Crippen LogP contribution in [0.15, 0.2) is 30.3 Å². The molecule has 0 aromatic heterocycles. The number of rotatable bonds is 6. The number of hydrogen-bond acceptors (Lipinski definition) is 1. The molecule has 2 nitrogen and oxygen atoms in total. The summed E-state index contributed by atoms with van der Waals surface area (Å²) in [7, 11) is 0. The van der Waals surface area contributed by atoms with Crippen molar-refractivity contribution in [1.29, 1.82) is 0 Å². The van der Waals surface area contributed by atoms with Gasteiger partial charge in [0.2, 0.25) is 5.91 Å². The van der Waals surface area contributed by atoms with Crippen LogP contribution in [0.3, 0.4) is 0 Å². The van der Waals surface area contributed by atoms with E-state index in [0.29, 0.717) is 17.7 Å². The highest BCUT2D eigenvalue weighted by Gasteiger charge is 2.22.